The van der Waals surface area contributed by atoms with Gasteiger partial charge in [-0.2, -0.15) is 0 Å². The monoisotopic (exact) mass is 309 g/mol. The van der Waals surface area contributed by atoms with E-state index in [2.05, 4.69) is 15.5 Å². The van der Waals surface area contributed by atoms with Crippen LogP contribution in [-0.4, -0.2) is 49.4 Å². The molecule has 2 N–H and O–H groups in total. The average Bonchev–Trinajstić information content (AvgIpc) is 2.47. The predicted molar refractivity (Wildman–Crippen MR) is 82.4 cm³/mol. The first-order chi connectivity index (χ1) is 10.1. The van der Waals surface area contributed by atoms with Gasteiger partial charge in [-0.3, -0.25) is 19.8 Å². The molecule has 0 radical (unpaired) electrons. The molecule has 2 amide bonds. The fraction of sp³-hybridized carbons (Fsp3) is 0.467. The Balaban J connectivity index is 1.83. The Hall–Kier alpha value is -1.43. The van der Waals surface area contributed by atoms with Crippen LogP contribution < -0.4 is 10.6 Å². The van der Waals surface area contributed by atoms with Crippen LogP contribution >= 0.6 is 11.6 Å². The molecule has 1 aromatic rings. The smallest absolute Gasteiger partial charge is 0.257 e. The van der Waals surface area contributed by atoms with Gasteiger partial charge >= 0.3 is 0 Å². The van der Waals surface area contributed by atoms with Gasteiger partial charge < -0.3 is 5.32 Å². The molecule has 1 aliphatic heterocycles. The Kier molecular flexibility index (Phi) is 5.73. The number of carbonyl (C=O) groups excluding carboxylic acids is 2. The summed E-state index contributed by atoms with van der Waals surface area (Å²) in [5, 5.41) is 6.20. The van der Waals surface area contributed by atoms with Crippen molar-refractivity contribution in [2.45, 2.75) is 18.9 Å². The quantitative estimate of drug-likeness (QED) is 0.879. The van der Waals surface area contributed by atoms with Crippen LogP contribution in [0.4, 0.5) is 0 Å². The molecule has 1 aliphatic rings. The zero-order valence-electron chi connectivity index (χ0n) is 12.1. The summed E-state index contributed by atoms with van der Waals surface area (Å²) in [5.74, 6) is -0.662. The van der Waals surface area contributed by atoms with Crippen LogP contribution in [0, 0.1) is 0 Å². The lowest BCUT2D eigenvalue weighted by Gasteiger charge is -2.31. The van der Waals surface area contributed by atoms with Crippen LogP contribution in [0.2, 0.25) is 5.02 Å². The summed E-state index contributed by atoms with van der Waals surface area (Å²) in [6.45, 7) is 1.97. The third kappa shape index (κ3) is 4.81. The van der Waals surface area contributed by atoms with E-state index in [0.29, 0.717) is 16.6 Å². The third-order valence-corrected chi connectivity index (χ3v) is 3.89. The highest BCUT2D eigenvalue weighted by molar-refractivity contribution is 6.30. The zero-order chi connectivity index (χ0) is 15.2. The topological polar surface area (TPSA) is 61.4 Å². The highest BCUT2D eigenvalue weighted by Crippen LogP contribution is 2.10. The Morgan fingerprint density at radius 2 is 2.05 bits per heavy atom. The Morgan fingerprint density at radius 3 is 2.71 bits per heavy atom. The molecule has 0 bridgehead atoms. The van der Waals surface area contributed by atoms with Crippen molar-refractivity contribution in [3.8, 4) is 0 Å². The number of imide groups is 1. The predicted octanol–water partition coefficient (Wildman–Crippen LogP) is 1.28. The lowest BCUT2D eigenvalue weighted by atomic mass is 10.1. The van der Waals surface area contributed by atoms with E-state index in [0.717, 1.165) is 25.9 Å². The fourth-order valence-corrected chi connectivity index (χ4v) is 2.60. The molecule has 2 rings (SSSR count). The number of benzene rings is 1. The minimum Gasteiger partial charge on any atom is -0.316 e. The minimum absolute atomic E-state index is 0.248. The number of nitrogens with one attached hydrogen (secondary N) is 2. The van der Waals surface area contributed by atoms with Gasteiger partial charge in [0, 0.05) is 23.2 Å². The SMILES string of the molecule is CNC1CCCN(CC(=O)NC(=O)c2ccc(Cl)cc2)C1. The molecule has 1 aromatic carbocycles. The standard InChI is InChI=1S/C15H20ClN3O2/c1-17-13-3-2-8-19(9-13)10-14(20)18-15(21)11-4-6-12(16)7-5-11/h4-7,13,17H,2-3,8-10H2,1H3,(H,18,20,21). The first kappa shape index (κ1) is 15.9. The van der Waals surface area contributed by atoms with E-state index in [1.54, 1.807) is 24.3 Å². The van der Waals surface area contributed by atoms with Gasteiger partial charge in [-0.05, 0) is 50.7 Å². The normalized spacial score (nSPS) is 19.2. The van der Waals surface area contributed by atoms with Gasteiger partial charge in [-0.1, -0.05) is 11.6 Å². The Labute approximate surface area is 129 Å². The molecule has 1 unspecified atom stereocenters. The molecule has 1 atom stereocenters. The molecule has 0 spiro atoms. The van der Waals surface area contributed by atoms with E-state index in [4.69, 9.17) is 11.6 Å². The molecule has 0 saturated carbocycles. The van der Waals surface area contributed by atoms with E-state index in [-0.39, 0.29) is 18.4 Å². The summed E-state index contributed by atoms with van der Waals surface area (Å²) in [4.78, 5) is 25.9. The molecule has 1 fully saturated rings. The Bertz CT molecular complexity index is 504. The van der Waals surface area contributed by atoms with Crippen molar-refractivity contribution in [2.75, 3.05) is 26.7 Å². The van der Waals surface area contributed by atoms with Crippen molar-refractivity contribution in [3.63, 3.8) is 0 Å². The van der Waals surface area contributed by atoms with Gasteiger partial charge in [0.1, 0.15) is 0 Å². The summed E-state index contributed by atoms with van der Waals surface area (Å²) >= 11 is 5.77. The van der Waals surface area contributed by atoms with Crippen molar-refractivity contribution >= 4 is 23.4 Å². The minimum atomic E-state index is -0.390. The molecule has 114 valence electrons. The summed E-state index contributed by atoms with van der Waals surface area (Å²) in [6, 6.07) is 6.87. The number of likely N-dealkylation sites (tertiary alicyclic amines) is 1. The van der Waals surface area contributed by atoms with Gasteiger partial charge in [0.2, 0.25) is 5.91 Å². The lowest BCUT2D eigenvalue weighted by Crippen LogP contribution is -2.48. The number of nitrogens with zero attached hydrogens (tertiary/aromatic N) is 1. The van der Waals surface area contributed by atoms with E-state index in [9.17, 15) is 9.59 Å². The molecule has 0 aliphatic carbocycles. The van der Waals surface area contributed by atoms with Crippen molar-refractivity contribution in [1.82, 2.24) is 15.5 Å². The molecule has 5 nitrogen and oxygen atoms in total. The second-order valence-corrected chi connectivity index (χ2v) is 5.68. The molecular weight excluding hydrogens is 290 g/mol. The summed E-state index contributed by atoms with van der Waals surface area (Å²) < 4.78 is 0. The highest BCUT2D eigenvalue weighted by atomic mass is 35.5. The van der Waals surface area contributed by atoms with Crippen LogP contribution in [0.25, 0.3) is 0 Å². The largest absolute Gasteiger partial charge is 0.316 e. The highest BCUT2D eigenvalue weighted by Gasteiger charge is 2.21. The van der Waals surface area contributed by atoms with Gasteiger partial charge in [0.25, 0.3) is 5.91 Å². The van der Waals surface area contributed by atoms with E-state index in [1.807, 2.05) is 7.05 Å². The van der Waals surface area contributed by atoms with Crippen LogP contribution in [0.5, 0.6) is 0 Å². The summed E-state index contributed by atoms with van der Waals surface area (Å²) in [5.41, 5.74) is 0.430. The zero-order valence-corrected chi connectivity index (χ0v) is 12.8. The molecular formula is C15H20ClN3O2. The van der Waals surface area contributed by atoms with Gasteiger partial charge in [-0.15, -0.1) is 0 Å². The van der Waals surface area contributed by atoms with Crippen LogP contribution in [0.3, 0.4) is 0 Å². The number of amides is 2. The van der Waals surface area contributed by atoms with Crippen LogP contribution in [0.1, 0.15) is 23.2 Å². The van der Waals surface area contributed by atoms with E-state index < -0.39 is 0 Å². The molecule has 1 heterocycles. The first-order valence-corrected chi connectivity index (χ1v) is 7.45. The number of carbonyl (C=O) groups is 2. The molecule has 6 heteroatoms. The number of halogens is 1. The lowest BCUT2D eigenvalue weighted by molar-refractivity contribution is -0.121. The molecule has 21 heavy (non-hydrogen) atoms. The first-order valence-electron chi connectivity index (χ1n) is 7.08. The number of likely N-dealkylation sites (N-methyl/N-ethyl adjacent to an activating group) is 1. The van der Waals surface area contributed by atoms with Crippen molar-refractivity contribution in [3.05, 3.63) is 34.9 Å². The maximum absolute atomic E-state index is 11.9. The van der Waals surface area contributed by atoms with Crippen LogP contribution in [0.15, 0.2) is 24.3 Å². The van der Waals surface area contributed by atoms with E-state index >= 15 is 0 Å². The van der Waals surface area contributed by atoms with E-state index in [1.165, 1.54) is 0 Å². The summed E-state index contributed by atoms with van der Waals surface area (Å²) in [7, 11) is 1.93. The second-order valence-electron chi connectivity index (χ2n) is 5.25. The maximum Gasteiger partial charge on any atom is 0.257 e. The maximum atomic E-state index is 11.9. The van der Waals surface area contributed by atoms with Gasteiger partial charge in [0.05, 0.1) is 6.54 Å². The summed E-state index contributed by atoms with van der Waals surface area (Å²) in [6.07, 6.45) is 2.18. The number of hydrogen-bond acceptors (Lipinski definition) is 4. The van der Waals surface area contributed by atoms with Crippen LogP contribution in [-0.2, 0) is 4.79 Å². The molecule has 1 saturated heterocycles. The number of piperidine rings is 1. The van der Waals surface area contributed by atoms with Crippen molar-refractivity contribution < 1.29 is 9.59 Å². The number of hydrogen-bond donors (Lipinski definition) is 2. The van der Waals surface area contributed by atoms with Crippen molar-refractivity contribution in [1.29, 1.82) is 0 Å². The molecule has 0 aromatic heterocycles. The second kappa shape index (κ2) is 7.54. The van der Waals surface area contributed by atoms with Gasteiger partial charge in [-0.25, -0.2) is 0 Å². The van der Waals surface area contributed by atoms with Gasteiger partial charge in [0.15, 0.2) is 0 Å². The fourth-order valence-electron chi connectivity index (χ4n) is 2.48. The average molecular weight is 310 g/mol. The number of rotatable bonds is 4. The Morgan fingerprint density at radius 1 is 1.33 bits per heavy atom. The van der Waals surface area contributed by atoms with Crippen molar-refractivity contribution in [2.24, 2.45) is 0 Å². The third-order valence-electron chi connectivity index (χ3n) is 3.64.